The molecule has 3 nitrogen and oxygen atoms in total. The molecule has 20 heavy (non-hydrogen) atoms. The number of nitrogens with one attached hydrogen (secondary N) is 1. The Hall–Kier alpha value is -0.770. The van der Waals surface area contributed by atoms with Gasteiger partial charge in [0, 0.05) is 13.0 Å². The topological polar surface area (TPSA) is 36.3 Å². The molecule has 1 aliphatic rings. The first kappa shape index (κ1) is 19.2. The van der Waals surface area contributed by atoms with Crippen LogP contribution < -0.4 is 0 Å². The van der Waals surface area contributed by atoms with Gasteiger partial charge in [-0.1, -0.05) is 30.3 Å². The molecular formula is C15H24Cl2N2O. The van der Waals surface area contributed by atoms with Crippen molar-refractivity contribution in [2.45, 2.75) is 25.8 Å². The van der Waals surface area contributed by atoms with Crippen molar-refractivity contribution < 1.29 is 4.74 Å². The predicted molar refractivity (Wildman–Crippen MR) is 88.3 cm³/mol. The first-order valence-electron chi connectivity index (χ1n) is 6.65. The molecule has 1 aliphatic heterocycles. The summed E-state index contributed by atoms with van der Waals surface area (Å²) < 4.78 is 4.95. The second-order valence-electron chi connectivity index (χ2n) is 5.04. The molecule has 0 bridgehead atoms. The van der Waals surface area contributed by atoms with Crippen LogP contribution in [0.1, 0.15) is 24.8 Å². The molecule has 1 aromatic rings. The molecular weight excluding hydrogens is 295 g/mol. The molecule has 5 heteroatoms. The number of hydrogen-bond acceptors (Lipinski definition) is 3. The van der Waals surface area contributed by atoms with E-state index in [1.807, 2.05) is 0 Å². The van der Waals surface area contributed by atoms with Crippen molar-refractivity contribution in [3.8, 4) is 0 Å². The summed E-state index contributed by atoms with van der Waals surface area (Å²) in [5.74, 6) is 1.06. The fraction of sp³-hybridized carbons (Fsp3) is 0.533. The molecule has 1 aromatic carbocycles. The van der Waals surface area contributed by atoms with E-state index in [2.05, 4.69) is 35.2 Å². The highest BCUT2D eigenvalue weighted by Gasteiger charge is 2.20. The molecule has 1 N–H and O–H groups in total. The van der Waals surface area contributed by atoms with Gasteiger partial charge in [0.05, 0.1) is 7.11 Å². The van der Waals surface area contributed by atoms with Crippen LogP contribution in [0.15, 0.2) is 30.3 Å². The van der Waals surface area contributed by atoms with Crippen LogP contribution in [0.3, 0.4) is 0 Å². The third-order valence-electron chi connectivity index (χ3n) is 3.68. The Morgan fingerprint density at radius 2 is 1.80 bits per heavy atom. The lowest BCUT2D eigenvalue weighted by Crippen LogP contribution is -2.33. The molecule has 1 fully saturated rings. The standard InChI is InChI=1S/C15H22N2O.2ClH/c1-18-15(16)11-13-7-9-17(10-8-13)12-14-5-3-2-4-6-14;;/h2-6,13,16H,7-12H2,1H3;2*1H. The third kappa shape index (κ3) is 6.12. The second-order valence-corrected chi connectivity index (χ2v) is 5.04. The molecule has 0 aromatic heterocycles. The highest BCUT2D eigenvalue weighted by Crippen LogP contribution is 2.22. The number of ether oxygens (including phenoxy) is 1. The van der Waals surface area contributed by atoms with Gasteiger partial charge in [-0.3, -0.25) is 10.3 Å². The lowest BCUT2D eigenvalue weighted by molar-refractivity contribution is 0.176. The van der Waals surface area contributed by atoms with E-state index < -0.39 is 0 Å². The van der Waals surface area contributed by atoms with E-state index in [0.717, 1.165) is 26.1 Å². The lowest BCUT2D eigenvalue weighted by atomic mass is 9.93. The summed E-state index contributed by atoms with van der Waals surface area (Å²) in [5.41, 5.74) is 1.39. The van der Waals surface area contributed by atoms with Gasteiger partial charge >= 0.3 is 0 Å². The van der Waals surface area contributed by atoms with Crippen molar-refractivity contribution in [2.24, 2.45) is 5.92 Å². The summed E-state index contributed by atoms with van der Waals surface area (Å²) in [6.07, 6.45) is 3.16. The first-order valence-corrected chi connectivity index (χ1v) is 6.65. The maximum Gasteiger partial charge on any atom is 0.180 e. The number of hydrogen-bond donors (Lipinski definition) is 1. The Balaban J connectivity index is 0.00000180. The van der Waals surface area contributed by atoms with E-state index in [0.29, 0.717) is 11.8 Å². The van der Waals surface area contributed by atoms with Crippen LogP contribution in [-0.2, 0) is 11.3 Å². The highest BCUT2D eigenvalue weighted by molar-refractivity contribution is 5.85. The number of nitrogens with zero attached hydrogens (tertiary/aromatic N) is 1. The summed E-state index contributed by atoms with van der Waals surface area (Å²) >= 11 is 0. The fourth-order valence-electron chi connectivity index (χ4n) is 2.54. The highest BCUT2D eigenvalue weighted by atomic mass is 35.5. The van der Waals surface area contributed by atoms with Crippen LogP contribution in [0.5, 0.6) is 0 Å². The van der Waals surface area contributed by atoms with E-state index >= 15 is 0 Å². The van der Waals surface area contributed by atoms with Gasteiger partial charge in [-0.05, 0) is 37.4 Å². The van der Waals surface area contributed by atoms with Gasteiger partial charge in [-0.2, -0.15) is 0 Å². The van der Waals surface area contributed by atoms with Gasteiger partial charge in [0.2, 0.25) is 0 Å². The summed E-state index contributed by atoms with van der Waals surface area (Å²) in [6, 6.07) is 10.6. The van der Waals surface area contributed by atoms with Crippen LogP contribution in [0.4, 0.5) is 0 Å². The molecule has 0 aliphatic carbocycles. The number of likely N-dealkylation sites (tertiary alicyclic amines) is 1. The van der Waals surface area contributed by atoms with Crippen molar-refractivity contribution in [1.29, 1.82) is 5.41 Å². The Kier molecular flexibility index (Phi) is 9.64. The van der Waals surface area contributed by atoms with E-state index in [1.165, 1.54) is 18.4 Å². The SMILES string of the molecule is COC(=N)CC1CCN(Cc2ccccc2)CC1.Cl.Cl. The minimum Gasteiger partial charge on any atom is -0.484 e. The van der Waals surface area contributed by atoms with Crippen molar-refractivity contribution in [3.63, 3.8) is 0 Å². The zero-order valence-corrected chi connectivity index (χ0v) is 13.5. The molecule has 1 heterocycles. The van der Waals surface area contributed by atoms with E-state index in [4.69, 9.17) is 10.1 Å². The smallest absolute Gasteiger partial charge is 0.180 e. The second kappa shape index (κ2) is 10.0. The van der Waals surface area contributed by atoms with Gasteiger partial charge in [-0.15, -0.1) is 24.8 Å². The van der Waals surface area contributed by atoms with Gasteiger partial charge in [0.25, 0.3) is 0 Å². The van der Waals surface area contributed by atoms with Crippen LogP contribution in [-0.4, -0.2) is 31.0 Å². The Morgan fingerprint density at radius 1 is 1.20 bits per heavy atom. The molecule has 0 amide bonds. The van der Waals surface area contributed by atoms with Crippen molar-refractivity contribution in [1.82, 2.24) is 4.90 Å². The molecule has 0 saturated carbocycles. The molecule has 0 spiro atoms. The lowest BCUT2D eigenvalue weighted by Gasteiger charge is -2.31. The zero-order chi connectivity index (χ0) is 12.8. The molecule has 1 saturated heterocycles. The summed E-state index contributed by atoms with van der Waals surface area (Å²) in [7, 11) is 1.59. The van der Waals surface area contributed by atoms with Gasteiger partial charge in [-0.25, -0.2) is 0 Å². The zero-order valence-electron chi connectivity index (χ0n) is 11.9. The quantitative estimate of drug-likeness (QED) is 0.678. The Labute approximate surface area is 134 Å². The Morgan fingerprint density at radius 3 is 2.35 bits per heavy atom. The predicted octanol–water partition coefficient (Wildman–Crippen LogP) is 3.76. The Bertz CT molecular complexity index is 379. The average Bonchev–Trinajstić information content (AvgIpc) is 2.42. The maximum atomic E-state index is 7.57. The summed E-state index contributed by atoms with van der Waals surface area (Å²) in [4.78, 5) is 2.50. The number of benzene rings is 1. The van der Waals surface area contributed by atoms with Gasteiger partial charge in [0.15, 0.2) is 5.90 Å². The third-order valence-corrected chi connectivity index (χ3v) is 3.68. The van der Waals surface area contributed by atoms with Gasteiger partial charge in [0.1, 0.15) is 0 Å². The normalized spacial score (nSPS) is 15.8. The average molecular weight is 319 g/mol. The summed E-state index contributed by atoms with van der Waals surface area (Å²) in [5, 5.41) is 7.57. The minimum absolute atomic E-state index is 0. The van der Waals surface area contributed by atoms with E-state index in [9.17, 15) is 0 Å². The maximum absolute atomic E-state index is 7.57. The van der Waals surface area contributed by atoms with Crippen LogP contribution >= 0.6 is 24.8 Å². The molecule has 0 atom stereocenters. The molecule has 2 rings (SSSR count). The number of rotatable bonds is 4. The monoisotopic (exact) mass is 318 g/mol. The molecule has 114 valence electrons. The van der Waals surface area contributed by atoms with Crippen molar-refractivity contribution in [2.75, 3.05) is 20.2 Å². The van der Waals surface area contributed by atoms with Crippen molar-refractivity contribution >= 4 is 30.7 Å². The molecule has 0 radical (unpaired) electrons. The number of piperidine rings is 1. The first-order chi connectivity index (χ1) is 8.78. The van der Waals surface area contributed by atoms with Crippen molar-refractivity contribution in [3.05, 3.63) is 35.9 Å². The van der Waals surface area contributed by atoms with Crippen LogP contribution in [0.25, 0.3) is 0 Å². The van der Waals surface area contributed by atoms with Crippen LogP contribution in [0, 0.1) is 11.3 Å². The van der Waals surface area contributed by atoms with E-state index in [1.54, 1.807) is 7.11 Å². The molecule has 0 unspecified atom stereocenters. The summed E-state index contributed by atoms with van der Waals surface area (Å²) in [6.45, 7) is 3.32. The van der Waals surface area contributed by atoms with Gasteiger partial charge < -0.3 is 4.74 Å². The largest absolute Gasteiger partial charge is 0.484 e. The van der Waals surface area contributed by atoms with E-state index in [-0.39, 0.29) is 24.8 Å². The number of methoxy groups -OCH3 is 1. The minimum atomic E-state index is 0. The fourth-order valence-corrected chi connectivity index (χ4v) is 2.54. The number of halogens is 2. The van der Waals surface area contributed by atoms with Crippen LogP contribution in [0.2, 0.25) is 0 Å².